The molecule has 0 unspecified atom stereocenters. The zero-order valence-electron chi connectivity index (χ0n) is 8.62. The molecule has 0 aliphatic heterocycles. The first-order chi connectivity index (χ1) is 8.16. The van der Waals surface area contributed by atoms with Crippen molar-refractivity contribution in [2.45, 2.75) is 0 Å². The third kappa shape index (κ3) is 2.79. The van der Waals surface area contributed by atoms with E-state index in [4.69, 9.17) is 5.11 Å². The van der Waals surface area contributed by atoms with E-state index in [1.807, 2.05) is 0 Å². The summed E-state index contributed by atoms with van der Waals surface area (Å²) >= 11 is 3.29. The highest BCUT2D eigenvalue weighted by atomic mass is 79.9. The molecule has 0 atom stereocenters. The van der Waals surface area contributed by atoms with Gasteiger partial charge in [0, 0.05) is 24.0 Å². The summed E-state index contributed by atoms with van der Waals surface area (Å²) in [5.74, 6) is -0.419. The van der Waals surface area contributed by atoms with Crippen molar-refractivity contribution < 1.29 is 9.90 Å². The van der Waals surface area contributed by atoms with Crippen LogP contribution >= 0.6 is 15.9 Å². The molecule has 0 saturated carbocycles. The Kier molecular flexibility index (Phi) is 3.34. The molecule has 0 aliphatic rings. The minimum Gasteiger partial charge on any atom is -0.478 e. The van der Waals surface area contributed by atoms with Crippen molar-refractivity contribution in [1.29, 1.82) is 0 Å². The van der Waals surface area contributed by atoms with Gasteiger partial charge in [-0.05, 0) is 34.1 Å². The third-order valence-electron chi connectivity index (χ3n) is 1.99. The number of carboxylic acids is 1. The molecule has 2 heterocycles. The average Bonchev–Trinajstić information content (AvgIpc) is 2.73. The lowest BCUT2D eigenvalue weighted by Crippen LogP contribution is -2.00. The molecule has 6 heteroatoms. The Morgan fingerprint density at radius 2 is 2.35 bits per heavy atom. The molecule has 5 nitrogen and oxygen atoms in total. The smallest absolute Gasteiger partial charge is 0.328 e. The van der Waals surface area contributed by atoms with Gasteiger partial charge in [-0.3, -0.25) is 0 Å². The molecule has 2 rings (SSSR count). The zero-order chi connectivity index (χ0) is 12.3. The number of aliphatic carboxylic acids is 1. The molecule has 0 amide bonds. The molecular weight excluding hydrogens is 286 g/mol. The molecule has 86 valence electrons. The Morgan fingerprint density at radius 3 is 3.00 bits per heavy atom. The summed E-state index contributed by atoms with van der Waals surface area (Å²) in [5.41, 5.74) is 0.686. The van der Waals surface area contributed by atoms with Gasteiger partial charge in [0.15, 0.2) is 5.82 Å². The zero-order valence-corrected chi connectivity index (χ0v) is 10.2. The Balaban J connectivity index is 2.44. The third-order valence-corrected chi connectivity index (χ3v) is 2.40. The van der Waals surface area contributed by atoms with Crippen LogP contribution in [0.15, 0.2) is 41.3 Å². The molecule has 2 aromatic rings. The number of pyridine rings is 1. The fraction of sp³-hybridized carbons (Fsp3) is 0. The van der Waals surface area contributed by atoms with Gasteiger partial charge in [0.05, 0.1) is 10.7 Å². The lowest BCUT2D eigenvalue weighted by atomic mass is 10.2. The minimum absolute atomic E-state index is 0.579. The topological polar surface area (TPSA) is 68.0 Å². The first kappa shape index (κ1) is 11.5. The molecule has 0 radical (unpaired) electrons. The predicted octanol–water partition coefficient (Wildman–Crippen LogP) is 2.13. The SMILES string of the molecule is O=C(O)/C=C/c1cccnc1-n1cc(Br)cn1. The number of halogens is 1. The van der Waals surface area contributed by atoms with E-state index in [1.54, 1.807) is 35.4 Å². The van der Waals surface area contributed by atoms with E-state index < -0.39 is 5.97 Å². The van der Waals surface area contributed by atoms with Crippen molar-refractivity contribution in [2.75, 3.05) is 0 Å². The van der Waals surface area contributed by atoms with E-state index in [0.717, 1.165) is 10.5 Å². The van der Waals surface area contributed by atoms with Gasteiger partial charge in [0.1, 0.15) is 0 Å². The van der Waals surface area contributed by atoms with Crippen LogP contribution in [0, 0.1) is 0 Å². The standard InChI is InChI=1S/C11H8BrN3O2/c12-9-6-14-15(7-9)11-8(2-1-5-13-11)3-4-10(16)17/h1-7H,(H,16,17)/b4-3+. The van der Waals surface area contributed by atoms with Crippen LogP contribution in [-0.2, 0) is 4.79 Å². The van der Waals surface area contributed by atoms with Crippen LogP contribution in [0.3, 0.4) is 0 Å². The maximum atomic E-state index is 10.5. The summed E-state index contributed by atoms with van der Waals surface area (Å²) in [7, 11) is 0. The van der Waals surface area contributed by atoms with Gasteiger partial charge in [-0.2, -0.15) is 5.10 Å². The molecule has 0 saturated heterocycles. The van der Waals surface area contributed by atoms with Gasteiger partial charge in [0.25, 0.3) is 0 Å². The Morgan fingerprint density at radius 1 is 1.53 bits per heavy atom. The van der Waals surface area contributed by atoms with E-state index >= 15 is 0 Å². The van der Waals surface area contributed by atoms with Gasteiger partial charge >= 0.3 is 5.97 Å². The van der Waals surface area contributed by atoms with Gasteiger partial charge in [-0.25, -0.2) is 14.5 Å². The number of aromatic nitrogens is 3. The van der Waals surface area contributed by atoms with Crippen LogP contribution in [0.1, 0.15) is 5.56 Å². The van der Waals surface area contributed by atoms with E-state index in [2.05, 4.69) is 26.0 Å². The highest BCUT2D eigenvalue weighted by molar-refractivity contribution is 9.10. The average molecular weight is 294 g/mol. The molecule has 0 aliphatic carbocycles. The first-order valence-corrected chi connectivity index (χ1v) is 5.52. The summed E-state index contributed by atoms with van der Waals surface area (Å²) in [6.45, 7) is 0. The lowest BCUT2D eigenvalue weighted by molar-refractivity contribution is -0.131. The monoisotopic (exact) mass is 293 g/mol. The minimum atomic E-state index is -0.999. The van der Waals surface area contributed by atoms with E-state index in [1.165, 1.54) is 6.08 Å². The number of carbonyl (C=O) groups is 1. The van der Waals surface area contributed by atoms with Crippen molar-refractivity contribution in [2.24, 2.45) is 0 Å². The fourth-order valence-corrected chi connectivity index (χ4v) is 1.59. The summed E-state index contributed by atoms with van der Waals surface area (Å²) in [6.07, 6.45) is 7.57. The highest BCUT2D eigenvalue weighted by Crippen LogP contribution is 2.15. The highest BCUT2D eigenvalue weighted by Gasteiger charge is 2.04. The number of hydrogen-bond acceptors (Lipinski definition) is 3. The van der Waals surface area contributed by atoms with Crippen LogP contribution in [0.2, 0.25) is 0 Å². The number of rotatable bonds is 3. The quantitative estimate of drug-likeness (QED) is 0.880. The van der Waals surface area contributed by atoms with Crippen LogP contribution in [0.25, 0.3) is 11.9 Å². The summed E-state index contributed by atoms with van der Waals surface area (Å²) < 4.78 is 2.40. The van der Waals surface area contributed by atoms with Crippen molar-refractivity contribution in [3.63, 3.8) is 0 Å². The van der Waals surface area contributed by atoms with Crippen molar-refractivity contribution >= 4 is 28.0 Å². The maximum Gasteiger partial charge on any atom is 0.328 e. The molecule has 0 bridgehead atoms. The fourth-order valence-electron chi connectivity index (χ4n) is 1.31. The van der Waals surface area contributed by atoms with Crippen LogP contribution in [-0.4, -0.2) is 25.8 Å². The molecule has 0 aromatic carbocycles. The van der Waals surface area contributed by atoms with Gasteiger partial charge in [-0.15, -0.1) is 0 Å². The van der Waals surface area contributed by atoms with Crippen molar-refractivity contribution in [3.8, 4) is 5.82 Å². The molecule has 1 N–H and O–H groups in total. The summed E-state index contributed by atoms with van der Waals surface area (Å²) in [5, 5.41) is 12.7. The molecule has 0 spiro atoms. The first-order valence-electron chi connectivity index (χ1n) is 4.73. The molecule has 2 aromatic heterocycles. The Bertz CT molecular complexity index is 578. The van der Waals surface area contributed by atoms with E-state index in [0.29, 0.717) is 11.4 Å². The number of nitrogens with zero attached hydrogens (tertiary/aromatic N) is 3. The predicted molar refractivity (Wildman–Crippen MR) is 65.7 cm³/mol. The van der Waals surface area contributed by atoms with Crippen molar-refractivity contribution in [1.82, 2.24) is 14.8 Å². The van der Waals surface area contributed by atoms with E-state index in [9.17, 15) is 4.79 Å². The Hall–Kier alpha value is -1.95. The second-order valence-corrected chi connectivity index (χ2v) is 4.11. The van der Waals surface area contributed by atoms with Crippen LogP contribution in [0.4, 0.5) is 0 Å². The Labute approximate surface area is 106 Å². The number of hydrogen-bond donors (Lipinski definition) is 1. The second-order valence-electron chi connectivity index (χ2n) is 3.19. The van der Waals surface area contributed by atoms with Crippen LogP contribution in [0.5, 0.6) is 0 Å². The summed E-state index contributed by atoms with van der Waals surface area (Å²) in [4.78, 5) is 14.7. The van der Waals surface area contributed by atoms with Crippen LogP contribution < -0.4 is 0 Å². The molecule has 17 heavy (non-hydrogen) atoms. The van der Waals surface area contributed by atoms with Crippen molar-refractivity contribution in [3.05, 3.63) is 46.8 Å². The second kappa shape index (κ2) is 4.92. The molecule has 0 fully saturated rings. The van der Waals surface area contributed by atoms with Gasteiger partial charge in [-0.1, -0.05) is 0 Å². The maximum absolute atomic E-state index is 10.5. The normalized spacial score (nSPS) is 10.9. The van der Waals surface area contributed by atoms with E-state index in [-0.39, 0.29) is 0 Å². The number of carboxylic acid groups (broad SMARTS) is 1. The summed E-state index contributed by atoms with van der Waals surface area (Å²) in [6, 6.07) is 3.51. The molecular formula is C11H8BrN3O2. The lowest BCUT2D eigenvalue weighted by Gasteiger charge is -2.03. The van der Waals surface area contributed by atoms with Gasteiger partial charge < -0.3 is 5.11 Å². The largest absolute Gasteiger partial charge is 0.478 e. The van der Waals surface area contributed by atoms with Gasteiger partial charge in [0.2, 0.25) is 0 Å².